The number of benzene rings is 3. The molecule has 194 valence electrons. The summed E-state index contributed by atoms with van der Waals surface area (Å²) < 4.78 is 17.5. The lowest BCUT2D eigenvalue weighted by Crippen LogP contribution is -2.15. The average Bonchev–Trinajstić information content (AvgIpc) is 3.21. The van der Waals surface area contributed by atoms with E-state index in [-0.39, 0.29) is 5.91 Å². The molecule has 0 atom stereocenters. The molecule has 1 heterocycles. The molecule has 1 aliphatic rings. The fourth-order valence-corrected chi connectivity index (χ4v) is 4.20. The molecule has 1 amide bonds. The highest BCUT2D eigenvalue weighted by atomic mass is 16.5. The predicted molar refractivity (Wildman–Crippen MR) is 149 cm³/mol. The predicted octanol–water partition coefficient (Wildman–Crippen LogP) is 5.75. The quantitative estimate of drug-likeness (QED) is 0.243. The third kappa shape index (κ3) is 6.43. The van der Waals surface area contributed by atoms with Crippen LogP contribution in [0.15, 0.2) is 66.7 Å². The van der Waals surface area contributed by atoms with E-state index in [0.29, 0.717) is 48.3 Å². The van der Waals surface area contributed by atoms with Crippen molar-refractivity contribution in [1.29, 1.82) is 0 Å². The van der Waals surface area contributed by atoms with Crippen LogP contribution in [-0.4, -0.2) is 51.3 Å². The summed E-state index contributed by atoms with van der Waals surface area (Å²) in [5.41, 5.74) is 4.48. The third-order valence-corrected chi connectivity index (χ3v) is 5.88. The molecular formula is C30H35N3O4. The Morgan fingerprint density at radius 2 is 1.57 bits per heavy atom. The Hall–Kier alpha value is -3.97. The van der Waals surface area contributed by atoms with Gasteiger partial charge in [0.05, 0.1) is 36.8 Å². The van der Waals surface area contributed by atoms with Crippen molar-refractivity contribution in [2.24, 2.45) is 0 Å². The Morgan fingerprint density at radius 1 is 0.892 bits per heavy atom. The molecule has 0 fully saturated rings. The molecule has 3 aromatic rings. The third-order valence-electron chi connectivity index (χ3n) is 5.88. The number of anilines is 2. The van der Waals surface area contributed by atoms with E-state index in [1.807, 2.05) is 80.6 Å². The highest BCUT2D eigenvalue weighted by Gasteiger charge is 2.30. The van der Waals surface area contributed by atoms with Gasteiger partial charge in [-0.3, -0.25) is 4.79 Å². The van der Waals surface area contributed by atoms with Crippen molar-refractivity contribution in [3.63, 3.8) is 0 Å². The lowest BCUT2D eigenvalue weighted by atomic mass is 9.99. The first-order valence-electron chi connectivity index (χ1n) is 12.7. The SMILES string of the molecule is CCOc1cc2c(cc1OCC)C(=C(Nc1ccc(OCCCN(C)C)cc1)c1ccccc1)C(=O)N2. The number of carbonyl (C=O) groups is 1. The zero-order valence-electron chi connectivity index (χ0n) is 22.0. The summed E-state index contributed by atoms with van der Waals surface area (Å²) in [5, 5.41) is 6.50. The number of nitrogens with one attached hydrogen (secondary N) is 2. The Balaban J connectivity index is 1.68. The van der Waals surface area contributed by atoms with Crippen LogP contribution in [0.1, 0.15) is 31.4 Å². The van der Waals surface area contributed by atoms with E-state index in [4.69, 9.17) is 14.2 Å². The smallest absolute Gasteiger partial charge is 0.258 e. The van der Waals surface area contributed by atoms with Crippen molar-refractivity contribution >= 4 is 28.6 Å². The molecule has 0 unspecified atom stereocenters. The molecule has 0 spiro atoms. The molecule has 0 aromatic heterocycles. The normalized spacial score (nSPS) is 13.7. The van der Waals surface area contributed by atoms with Crippen LogP contribution in [0.25, 0.3) is 11.3 Å². The molecule has 7 heteroatoms. The molecule has 2 N–H and O–H groups in total. The summed E-state index contributed by atoms with van der Waals surface area (Å²) in [4.78, 5) is 15.4. The van der Waals surface area contributed by atoms with Crippen molar-refractivity contribution in [2.45, 2.75) is 20.3 Å². The monoisotopic (exact) mass is 501 g/mol. The number of amides is 1. The van der Waals surface area contributed by atoms with Crippen LogP contribution in [0.5, 0.6) is 17.2 Å². The number of carbonyl (C=O) groups excluding carboxylic acids is 1. The average molecular weight is 502 g/mol. The molecule has 0 aliphatic carbocycles. The van der Waals surface area contributed by atoms with E-state index >= 15 is 0 Å². The highest BCUT2D eigenvalue weighted by molar-refractivity contribution is 6.37. The number of ether oxygens (including phenoxy) is 3. The van der Waals surface area contributed by atoms with Gasteiger partial charge in [-0.25, -0.2) is 0 Å². The fraction of sp³-hybridized carbons (Fsp3) is 0.300. The fourth-order valence-electron chi connectivity index (χ4n) is 4.20. The second-order valence-electron chi connectivity index (χ2n) is 8.94. The molecule has 1 aliphatic heterocycles. The second kappa shape index (κ2) is 12.3. The molecule has 0 saturated carbocycles. The zero-order chi connectivity index (χ0) is 26.2. The van der Waals surface area contributed by atoms with Crippen LogP contribution in [0.2, 0.25) is 0 Å². The van der Waals surface area contributed by atoms with E-state index in [1.165, 1.54) is 0 Å². The van der Waals surface area contributed by atoms with Gasteiger partial charge in [0.15, 0.2) is 11.5 Å². The zero-order valence-corrected chi connectivity index (χ0v) is 22.0. The second-order valence-corrected chi connectivity index (χ2v) is 8.94. The van der Waals surface area contributed by atoms with Gasteiger partial charge in [0.25, 0.3) is 5.91 Å². The Morgan fingerprint density at radius 3 is 2.22 bits per heavy atom. The molecule has 37 heavy (non-hydrogen) atoms. The molecule has 3 aromatic carbocycles. The molecule has 0 radical (unpaired) electrons. The van der Waals surface area contributed by atoms with Gasteiger partial charge in [0.2, 0.25) is 0 Å². The van der Waals surface area contributed by atoms with Crippen LogP contribution in [-0.2, 0) is 4.79 Å². The van der Waals surface area contributed by atoms with E-state index in [0.717, 1.165) is 35.5 Å². The number of hydrogen-bond donors (Lipinski definition) is 2. The minimum absolute atomic E-state index is 0.182. The first kappa shape index (κ1) is 26.1. The first-order valence-corrected chi connectivity index (χ1v) is 12.7. The minimum atomic E-state index is -0.182. The van der Waals surface area contributed by atoms with Crippen molar-refractivity contribution in [3.8, 4) is 17.2 Å². The van der Waals surface area contributed by atoms with Crippen molar-refractivity contribution in [3.05, 3.63) is 77.9 Å². The van der Waals surface area contributed by atoms with Gasteiger partial charge in [0, 0.05) is 23.9 Å². The summed E-state index contributed by atoms with van der Waals surface area (Å²) in [6, 6.07) is 21.4. The van der Waals surface area contributed by atoms with Crippen LogP contribution in [0.4, 0.5) is 11.4 Å². The Labute approximate surface area is 219 Å². The Bertz CT molecular complexity index is 1240. The first-order chi connectivity index (χ1) is 18.0. The van der Waals surface area contributed by atoms with Gasteiger partial charge in [-0.2, -0.15) is 0 Å². The molecule has 7 nitrogen and oxygen atoms in total. The van der Waals surface area contributed by atoms with Crippen LogP contribution in [0.3, 0.4) is 0 Å². The highest BCUT2D eigenvalue weighted by Crippen LogP contribution is 2.43. The van der Waals surface area contributed by atoms with Crippen molar-refractivity contribution in [1.82, 2.24) is 4.90 Å². The minimum Gasteiger partial charge on any atom is -0.494 e. The maximum Gasteiger partial charge on any atom is 0.258 e. The largest absolute Gasteiger partial charge is 0.494 e. The summed E-state index contributed by atoms with van der Waals surface area (Å²) in [6.45, 7) is 6.48. The summed E-state index contributed by atoms with van der Waals surface area (Å²) in [6.07, 6.45) is 0.959. The van der Waals surface area contributed by atoms with E-state index in [9.17, 15) is 4.79 Å². The molecule has 4 rings (SSSR count). The summed E-state index contributed by atoms with van der Waals surface area (Å²) >= 11 is 0. The van der Waals surface area contributed by atoms with Crippen molar-refractivity contribution in [2.75, 3.05) is 51.1 Å². The molecular weight excluding hydrogens is 466 g/mol. The van der Waals surface area contributed by atoms with Crippen LogP contribution in [0, 0.1) is 0 Å². The maximum absolute atomic E-state index is 13.3. The number of fused-ring (bicyclic) bond motifs is 1. The standard InChI is InChI=1S/C30H35N3O4/c1-5-35-26-19-24-25(20-27(26)36-6-2)32-30(34)28(24)29(21-11-8-7-9-12-21)31-22-13-15-23(16-14-22)37-18-10-17-33(3)4/h7-9,11-16,19-20,31H,5-6,10,17-18H2,1-4H3,(H,32,34). The maximum atomic E-state index is 13.3. The molecule has 0 bridgehead atoms. The van der Waals surface area contributed by atoms with Crippen molar-refractivity contribution < 1.29 is 19.0 Å². The summed E-state index contributed by atoms with van der Waals surface area (Å²) in [7, 11) is 4.11. The topological polar surface area (TPSA) is 72.1 Å². The van der Waals surface area contributed by atoms with Gasteiger partial charge < -0.3 is 29.7 Å². The summed E-state index contributed by atoms with van der Waals surface area (Å²) in [5.74, 6) is 1.85. The Kier molecular flexibility index (Phi) is 8.69. The van der Waals surface area contributed by atoms with Gasteiger partial charge in [0.1, 0.15) is 5.75 Å². The van der Waals surface area contributed by atoms with Crippen LogP contribution >= 0.6 is 0 Å². The number of rotatable bonds is 12. The van der Waals surface area contributed by atoms with Gasteiger partial charge in [-0.15, -0.1) is 0 Å². The van der Waals surface area contributed by atoms with E-state index in [1.54, 1.807) is 0 Å². The van der Waals surface area contributed by atoms with Gasteiger partial charge in [-0.1, -0.05) is 30.3 Å². The van der Waals surface area contributed by atoms with Gasteiger partial charge in [-0.05, 0) is 70.3 Å². The number of nitrogens with zero attached hydrogens (tertiary/aromatic N) is 1. The van der Waals surface area contributed by atoms with Crippen LogP contribution < -0.4 is 24.8 Å². The molecule has 0 saturated heterocycles. The van der Waals surface area contributed by atoms with Gasteiger partial charge >= 0.3 is 0 Å². The van der Waals surface area contributed by atoms with E-state index < -0.39 is 0 Å². The lowest BCUT2D eigenvalue weighted by molar-refractivity contribution is -0.110. The lowest BCUT2D eigenvalue weighted by Gasteiger charge is -2.16. The van der Waals surface area contributed by atoms with E-state index in [2.05, 4.69) is 29.6 Å². The number of hydrogen-bond acceptors (Lipinski definition) is 6.